The van der Waals surface area contributed by atoms with Crippen LogP contribution in [0.3, 0.4) is 0 Å². The van der Waals surface area contributed by atoms with Gasteiger partial charge in [-0.15, -0.1) is 0 Å². The average Bonchev–Trinajstić information content (AvgIpc) is 2.22. The summed E-state index contributed by atoms with van der Waals surface area (Å²) >= 11 is 6.10. The molecule has 0 amide bonds. The minimum absolute atomic E-state index is 0.285. The van der Waals surface area contributed by atoms with Gasteiger partial charge in [0.15, 0.2) is 0 Å². The zero-order valence-electron chi connectivity index (χ0n) is 8.17. The van der Waals surface area contributed by atoms with Gasteiger partial charge in [0.1, 0.15) is 5.82 Å². The molecule has 76 valence electrons. The van der Waals surface area contributed by atoms with Crippen LogP contribution in [0.2, 0.25) is 5.02 Å². The Balaban J connectivity index is 2.59. The number of rotatable bonds is 1. The molecule has 0 fully saturated rings. The maximum atomic E-state index is 13.0. The van der Waals surface area contributed by atoms with Crippen LogP contribution in [0.15, 0.2) is 36.5 Å². The molecular weight excluding hydrogens is 213 g/mol. The highest BCUT2D eigenvalue weighted by Crippen LogP contribution is 2.28. The number of benzene rings is 1. The SMILES string of the molecule is Cc1ccnc(-c2cccc(F)c2)c1Cl. The molecule has 0 unspecified atom stereocenters. The van der Waals surface area contributed by atoms with Crippen molar-refractivity contribution in [3.05, 3.63) is 52.9 Å². The third-order valence-electron chi connectivity index (χ3n) is 2.18. The topological polar surface area (TPSA) is 12.9 Å². The van der Waals surface area contributed by atoms with E-state index in [0.29, 0.717) is 16.3 Å². The largest absolute Gasteiger partial charge is 0.255 e. The normalized spacial score (nSPS) is 10.3. The van der Waals surface area contributed by atoms with Crippen LogP contribution in [0.5, 0.6) is 0 Å². The molecule has 2 rings (SSSR count). The van der Waals surface area contributed by atoms with Crippen molar-refractivity contribution in [1.82, 2.24) is 4.98 Å². The predicted octanol–water partition coefficient (Wildman–Crippen LogP) is 3.85. The average molecular weight is 222 g/mol. The summed E-state index contributed by atoms with van der Waals surface area (Å²) in [5.41, 5.74) is 2.26. The second-order valence-corrected chi connectivity index (χ2v) is 3.68. The Bertz CT molecular complexity index is 497. The van der Waals surface area contributed by atoms with Crippen molar-refractivity contribution in [1.29, 1.82) is 0 Å². The summed E-state index contributed by atoms with van der Waals surface area (Å²) < 4.78 is 13.0. The molecule has 0 spiro atoms. The predicted molar refractivity (Wildman–Crippen MR) is 59.4 cm³/mol. The first-order valence-corrected chi connectivity index (χ1v) is 4.93. The van der Waals surface area contributed by atoms with E-state index in [1.807, 2.05) is 13.0 Å². The fourth-order valence-electron chi connectivity index (χ4n) is 1.38. The zero-order valence-corrected chi connectivity index (χ0v) is 8.92. The number of halogens is 2. The van der Waals surface area contributed by atoms with Crippen LogP contribution in [0, 0.1) is 12.7 Å². The highest BCUT2D eigenvalue weighted by molar-refractivity contribution is 6.33. The lowest BCUT2D eigenvalue weighted by molar-refractivity contribution is 0.628. The van der Waals surface area contributed by atoms with E-state index in [4.69, 9.17) is 11.6 Å². The van der Waals surface area contributed by atoms with Crippen LogP contribution in [0.4, 0.5) is 4.39 Å². The molecule has 0 saturated carbocycles. The van der Waals surface area contributed by atoms with Crippen LogP contribution in [0.25, 0.3) is 11.3 Å². The smallest absolute Gasteiger partial charge is 0.123 e. The number of pyridine rings is 1. The number of hydrogen-bond donors (Lipinski definition) is 0. The summed E-state index contributed by atoms with van der Waals surface area (Å²) in [5.74, 6) is -0.285. The molecule has 0 radical (unpaired) electrons. The van der Waals surface area contributed by atoms with E-state index in [2.05, 4.69) is 4.98 Å². The Kier molecular flexibility index (Phi) is 2.69. The first-order valence-electron chi connectivity index (χ1n) is 4.55. The van der Waals surface area contributed by atoms with Crippen molar-refractivity contribution in [2.24, 2.45) is 0 Å². The quantitative estimate of drug-likeness (QED) is 0.713. The van der Waals surface area contributed by atoms with E-state index in [1.165, 1.54) is 12.1 Å². The highest BCUT2D eigenvalue weighted by atomic mass is 35.5. The van der Waals surface area contributed by atoms with Gasteiger partial charge in [-0.05, 0) is 30.7 Å². The fourth-order valence-corrected chi connectivity index (χ4v) is 1.60. The van der Waals surface area contributed by atoms with Gasteiger partial charge in [-0.2, -0.15) is 0 Å². The van der Waals surface area contributed by atoms with Crippen molar-refractivity contribution < 1.29 is 4.39 Å². The van der Waals surface area contributed by atoms with Gasteiger partial charge in [0.25, 0.3) is 0 Å². The van der Waals surface area contributed by atoms with Crippen molar-refractivity contribution in [3.8, 4) is 11.3 Å². The summed E-state index contributed by atoms with van der Waals surface area (Å²) in [6, 6.07) is 8.08. The Hall–Kier alpha value is -1.41. The maximum absolute atomic E-state index is 13.0. The van der Waals surface area contributed by atoms with Crippen LogP contribution in [-0.4, -0.2) is 4.98 Å². The summed E-state index contributed by atoms with van der Waals surface area (Å²) in [7, 11) is 0. The van der Waals surface area contributed by atoms with Gasteiger partial charge in [-0.3, -0.25) is 4.98 Å². The van der Waals surface area contributed by atoms with Gasteiger partial charge in [-0.1, -0.05) is 23.7 Å². The molecule has 1 heterocycles. The number of hydrogen-bond acceptors (Lipinski definition) is 1. The van der Waals surface area contributed by atoms with E-state index in [0.717, 1.165) is 5.56 Å². The molecule has 0 aliphatic carbocycles. The standard InChI is InChI=1S/C12H9ClFN/c1-8-5-6-15-12(11(8)13)9-3-2-4-10(14)7-9/h2-7H,1H3. The summed E-state index contributed by atoms with van der Waals surface area (Å²) in [5, 5.41) is 0.572. The second-order valence-electron chi connectivity index (χ2n) is 3.30. The molecular formula is C12H9ClFN. The van der Waals surface area contributed by atoms with Gasteiger partial charge < -0.3 is 0 Å². The van der Waals surface area contributed by atoms with Crippen LogP contribution in [-0.2, 0) is 0 Å². The lowest BCUT2D eigenvalue weighted by Gasteiger charge is -2.05. The highest BCUT2D eigenvalue weighted by Gasteiger charge is 2.07. The van der Waals surface area contributed by atoms with E-state index in [1.54, 1.807) is 18.3 Å². The Morgan fingerprint density at radius 1 is 1.27 bits per heavy atom. The molecule has 15 heavy (non-hydrogen) atoms. The molecule has 0 atom stereocenters. The van der Waals surface area contributed by atoms with Gasteiger partial charge in [0, 0.05) is 11.8 Å². The monoisotopic (exact) mass is 221 g/mol. The van der Waals surface area contributed by atoms with Gasteiger partial charge in [0.2, 0.25) is 0 Å². The Morgan fingerprint density at radius 3 is 2.80 bits per heavy atom. The van der Waals surface area contributed by atoms with E-state index in [-0.39, 0.29) is 5.82 Å². The molecule has 0 bridgehead atoms. The third kappa shape index (κ3) is 2.00. The maximum Gasteiger partial charge on any atom is 0.123 e. The molecule has 0 N–H and O–H groups in total. The van der Waals surface area contributed by atoms with Gasteiger partial charge in [-0.25, -0.2) is 4.39 Å². The van der Waals surface area contributed by atoms with Crippen molar-refractivity contribution >= 4 is 11.6 Å². The zero-order chi connectivity index (χ0) is 10.8. The molecule has 0 aliphatic heterocycles. The molecule has 3 heteroatoms. The van der Waals surface area contributed by atoms with E-state index < -0.39 is 0 Å². The number of aromatic nitrogens is 1. The third-order valence-corrected chi connectivity index (χ3v) is 2.66. The number of nitrogens with zero attached hydrogens (tertiary/aromatic N) is 1. The van der Waals surface area contributed by atoms with Crippen molar-refractivity contribution in [3.63, 3.8) is 0 Å². The molecule has 1 aromatic heterocycles. The van der Waals surface area contributed by atoms with Crippen molar-refractivity contribution in [2.75, 3.05) is 0 Å². The van der Waals surface area contributed by atoms with Crippen molar-refractivity contribution in [2.45, 2.75) is 6.92 Å². The Morgan fingerprint density at radius 2 is 2.07 bits per heavy atom. The van der Waals surface area contributed by atoms with E-state index in [9.17, 15) is 4.39 Å². The van der Waals surface area contributed by atoms with Crippen LogP contribution < -0.4 is 0 Å². The molecule has 0 aliphatic rings. The first kappa shape index (κ1) is 10.1. The van der Waals surface area contributed by atoms with Crippen LogP contribution in [0.1, 0.15) is 5.56 Å². The molecule has 0 saturated heterocycles. The molecule has 1 aromatic carbocycles. The summed E-state index contributed by atoms with van der Waals surface area (Å²) in [6.07, 6.45) is 1.67. The summed E-state index contributed by atoms with van der Waals surface area (Å²) in [4.78, 5) is 4.15. The lowest BCUT2D eigenvalue weighted by atomic mass is 10.1. The van der Waals surface area contributed by atoms with Crippen LogP contribution >= 0.6 is 11.6 Å². The number of aryl methyl sites for hydroxylation is 1. The Labute approximate surface area is 92.5 Å². The lowest BCUT2D eigenvalue weighted by Crippen LogP contribution is -1.88. The van der Waals surface area contributed by atoms with Gasteiger partial charge in [0.05, 0.1) is 10.7 Å². The second kappa shape index (κ2) is 3.99. The first-order chi connectivity index (χ1) is 7.18. The fraction of sp³-hybridized carbons (Fsp3) is 0.0833. The summed E-state index contributed by atoms with van der Waals surface area (Å²) in [6.45, 7) is 1.90. The van der Waals surface area contributed by atoms with Gasteiger partial charge >= 0.3 is 0 Å². The molecule has 2 aromatic rings. The minimum Gasteiger partial charge on any atom is -0.255 e. The molecule has 1 nitrogen and oxygen atoms in total. The minimum atomic E-state index is -0.285. The van der Waals surface area contributed by atoms with E-state index >= 15 is 0 Å².